The molecule has 0 aliphatic rings. The lowest BCUT2D eigenvalue weighted by Gasteiger charge is -2.12. The molecule has 2 heterocycles. The highest BCUT2D eigenvalue weighted by Gasteiger charge is 2.35. The fraction of sp³-hybridized carbons (Fsp3) is 0.118. The predicted octanol–water partition coefficient (Wildman–Crippen LogP) is 3.51. The van der Waals surface area contributed by atoms with Gasteiger partial charge in [0.05, 0.1) is 11.1 Å². The summed E-state index contributed by atoms with van der Waals surface area (Å²) < 4.78 is 39.2. The third-order valence-electron chi connectivity index (χ3n) is 3.34. The number of anilines is 1. The summed E-state index contributed by atoms with van der Waals surface area (Å²) in [7, 11) is 0. The number of hydrogen-bond donors (Lipinski definition) is 1. The second-order valence-electron chi connectivity index (χ2n) is 5.24. The molecule has 0 radical (unpaired) electrons. The zero-order chi connectivity index (χ0) is 18.7. The highest BCUT2D eigenvalue weighted by molar-refractivity contribution is 6.04. The number of alkyl halides is 3. The van der Waals surface area contributed by atoms with Gasteiger partial charge in [-0.15, -0.1) is 0 Å². The molecule has 1 aromatic carbocycles. The number of aryl methyl sites for hydroxylation is 1. The molecule has 1 N–H and O–H groups in total. The minimum absolute atomic E-state index is 0.153. The third kappa shape index (κ3) is 3.82. The number of pyridine rings is 1. The average Bonchev–Trinajstić information content (AvgIpc) is 2.61. The van der Waals surface area contributed by atoms with Crippen LogP contribution in [0, 0.1) is 6.92 Å². The SMILES string of the molecule is Cc1nc(NC(=O)c2ccccc2C(F)(F)F)nc(-c2ccccn2)n1. The summed E-state index contributed by atoms with van der Waals surface area (Å²) in [5.74, 6) is -0.617. The van der Waals surface area contributed by atoms with Crippen molar-refractivity contribution in [2.75, 3.05) is 5.32 Å². The summed E-state index contributed by atoms with van der Waals surface area (Å²) in [6, 6.07) is 9.61. The normalized spacial score (nSPS) is 11.2. The van der Waals surface area contributed by atoms with Gasteiger partial charge >= 0.3 is 6.18 Å². The molecule has 1 amide bonds. The fourth-order valence-corrected chi connectivity index (χ4v) is 2.24. The van der Waals surface area contributed by atoms with Crippen LogP contribution in [-0.2, 0) is 6.18 Å². The van der Waals surface area contributed by atoms with E-state index in [2.05, 4.69) is 25.3 Å². The maximum atomic E-state index is 13.1. The molecule has 0 unspecified atom stereocenters. The first-order valence-corrected chi connectivity index (χ1v) is 7.46. The first-order chi connectivity index (χ1) is 12.3. The number of carbonyl (C=O) groups excluding carboxylic acids is 1. The van der Waals surface area contributed by atoms with Crippen LogP contribution in [0.25, 0.3) is 11.5 Å². The van der Waals surface area contributed by atoms with Gasteiger partial charge < -0.3 is 0 Å². The van der Waals surface area contributed by atoms with Crippen LogP contribution in [-0.4, -0.2) is 25.8 Å². The number of halogens is 3. The van der Waals surface area contributed by atoms with Crippen LogP contribution >= 0.6 is 0 Å². The van der Waals surface area contributed by atoms with Crippen molar-refractivity contribution >= 4 is 11.9 Å². The third-order valence-corrected chi connectivity index (χ3v) is 3.34. The van der Waals surface area contributed by atoms with Crippen molar-refractivity contribution in [3.05, 3.63) is 65.6 Å². The highest BCUT2D eigenvalue weighted by Crippen LogP contribution is 2.32. The van der Waals surface area contributed by atoms with Crippen molar-refractivity contribution in [3.8, 4) is 11.5 Å². The maximum Gasteiger partial charge on any atom is 0.417 e. The Morgan fingerprint density at radius 3 is 2.42 bits per heavy atom. The van der Waals surface area contributed by atoms with Gasteiger partial charge in [0.25, 0.3) is 5.91 Å². The van der Waals surface area contributed by atoms with E-state index in [1.165, 1.54) is 12.1 Å². The number of amides is 1. The molecule has 0 saturated carbocycles. The van der Waals surface area contributed by atoms with Gasteiger partial charge in [-0.2, -0.15) is 23.1 Å². The van der Waals surface area contributed by atoms with Gasteiger partial charge in [0.1, 0.15) is 11.5 Å². The number of nitrogens with one attached hydrogen (secondary N) is 1. The number of nitrogens with zero attached hydrogens (tertiary/aromatic N) is 4. The van der Waals surface area contributed by atoms with Crippen molar-refractivity contribution in [1.82, 2.24) is 19.9 Å². The van der Waals surface area contributed by atoms with Crippen LogP contribution in [0.4, 0.5) is 19.1 Å². The van der Waals surface area contributed by atoms with Gasteiger partial charge in [-0.25, -0.2) is 4.98 Å². The number of rotatable bonds is 3. The lowest BCUT2D eigenvalue weighted by Crippen LogP contribution is -2.20. The second kappa shape index (κ2) is 6.87. The molecule has 0 aliphatic heterocycles. The molecule has 0 bridgehead atoms. The summed E-state index contributed by atoms with van der Waals surface area (Å²) in [6.45, 7) is 1.58. The quantitative estimate of drug-likeness (QED) is 0.774. The molecule has 132 valence electrons. The zero-order valence-corrected chi connectivity index (χ0v) is 13.4. The first kappa shape index (κ1) is 17.5. The maximum absolute atomic E-state index is 13.1. The number of hydrogen-bond acceptors (Lipinski definition) is 5. The van der Waals surface area contributed by atoms with Gasteiger partial charge in [0.2, 0.25) is 5.95 Å². The Labute approximate surface area is 146 Å². The fourth-order valence-electron chi connectivity index (χ4n) is 2.24. The van der Waals surface area contributed by atoms with E-state index in [4.69, 9.17) is 0 Å². The van der Waals surface area contributed by atoms with Crippen LogP contribution in [0.2, 0.25) is 0 Å². The Bertz CT molecular complexity index is 945. The molecule has 26 heavy (non-hydrogen) atoms. The van der Waals surface area contributed by atoms with E-state index in [0.717, 1.165) is 12.1 Å². The molecule has 0 saturated heterocycles. The largest absolute Gasteiger partial charge is 0.417 e. The van der Waals surface area contributed by atoms with E-state index >= 15 is 0 Å². The summed E-state index contributed by atoms with van der Waals surface area (Å²) in [5, 5.41) is 2.29. The van der Waals surface area contributed by atoms with Gasteiger partial charge in [0, 0.05) is 6.20 Å². The Morgan fingerprint density at radius 1 is 1.00 bits per heavy atom. The van der Waals surface area contributed by atoms with Crippen molar-refractivity contribution < 1.29 is 18.0 Å². The smallest absolute Gasteiger partial charge is 0.290 e. The van der Waals surface area contributed by atoms with E-state index in [9.17, 15) is 18.0 Å². The molecule has 0 atom stereocenters. The van der Waals surface area contributed by atoms with Crippen LogP contribution < -0.4 is 5.32 Å². The molecular formula is C17H12F3N5O. The van der Waals surface area contributed by atoms with Crippen LogP contribution in [0.3, 0.4) is 0 Å². The molecule has 9 heteroatoms. The van der Waals surface area contributed by atoms with Gasteiger partial charge in [-0.05, 0) is 31.2 Å². The molecule has 0 aliphatic carbocycles. The number of carbonyl (C=O) groups is 1. The van der Waals surface area contributed by atoms with Crippen LogP contribution in [0.5, 0.6) is 0 Å². The molecule has 2 aromatic heterocycles. The number of aromatic nitrogens is 4. The number of benzene rings is 1. The van der Waals surface area contributed by atoms with E-state index < -0.39 is 23.2 Å². The van der Waals surface area contributed by atoms with Crippen LogP contribution in [0.1, 0.15) is 21.7 Å². The van der Waals surface area contributed by atoms with Crippen molar-refractivity contribution in [2.45, 2.75) is 13.1 Å². The van der Waals surface area contributed by atoms with Crippen LogP contribution in [0.15, 0.2) is 48.7 Å². The Balaban J connectivity index is 1.93. The zero-order valence-electron chi connectivity index (χ0n) is 13.4. The molecule has 0 fully saturated rings. The van der Waals surface area contributed by atoms with Gasteiger partial charge in [0.15, 0.2) is 5.82 Å². The molecule has 6 nitrogen and oxygen atoms in total. The van der Waals surface area contributed by atoms with Crippen molar-refractivity contribution in [1.29, 1.82) is 0 Å². The Kier molecular flexibility index (Phi) is 4.61. The lowest BCUT2D eigenvalue weighted by molar-refractivity contribution is -0.137. The first-order valence-electron chi connectivity index (χ1n) is 7.46. The monoisotopic (exact) mass is 359 g/mol. The second-order valence-corrected chi connectivity index (χ2v) is 5.24. The topological polar surface area (TPSA) is 80.7 Å². The van der Waals surface area contributed by atoms with Gasteiger partial charge in [-0.1, -0.05) is 18.2 Å². The summed E-state index contributed by atoms with van der Waals surface area (Å²) >= 11 is 0. The van der Waals surface area contributed by atoms with Crippen molar-refractivity contribution in [2.24, 2.45) is 0 Å². The van der Waals surface area contributed by atoms with E-state index in [1.807, 2.05) is 0 Å². The Hall–Kier alpha value is -3.36. The van der Waals surface area contributed by atoms with E-state index in [0.29, 0.717) is 11.5 Å². The standard InChI is InChI=1S/C17H12F3N5O/c1-10-22-14(13-8-4-5-9-21-13)24-16(23-10)25-15(26)11-6-2-3-7-12(11)17(18,19)20/h2-9H,1H3,(H,22,23,24,25,26). The molecule has 3 rings (SSSR count). The summed E-state index contributed by atoms with van der Waals surface area (Å²) in [6.07, 6.45) is -3.10. The lowest BCUT2D eigenvalue weighted by atomic mass is 10.1. The van der Waals surface area contributed by atoms with E-state index in [-0.39, 0.29) is 11.8 Å². The van der Waals surface area contributed by atoms with Crippen molar-refractivity contribution in [3.63, 3.8) is 0 Å². The Morgan fingerprint density at radius 2 is 1.73 bits per heavy atom. The summed E-state index contributed by atoms with van der Waals surface area (Å²) in [4.78, 5) is 28.6. The molecule has 0 spiro atoms. The molecular weight excluding hydrogens is 347 g/mol. The molecule has 3 aromatic rings. The predicted molar refractivity (Wildman–Crippen MR) is 87.2 cm³/mol. The summed E-state index contributed by atoms with van der Waals surface area (Å²) in [5.41, 5.74) is -1.10. The minimum Gasteiger partial charge on any atom is -0.290 e. The van der Waals surface area contributed by atoms with E-state index in [1.54, 1.807) is 31.3 Å². The van der Waals surface area contributed by atoms with Gasteiger partial charge in [-0.3, -0.25) is 15.1 Å². The average molecular weight is 359 g/mol. The minimum atomic E-state index is -4.65. The highest BCUT2D eigenvalue weighted by atomic mass is 19.4.